The molecule has 0 spiro atoms. The van der Waals surface area contributed by atoms with Crippen molar-refractivity contribution >= 4 is 17.5 Å². The number of rotatable bonds is 3. The Bertz CT molecular complexity index is 672. The molecule has 1 amide bonds. The second kappa shape index (κ2) is 5.61. The molecule has 21 heavy (non-hydrogen) atoms. The number of benzene rings is 1. The lowest BCUT2D eigenvalue weighted by atomic mass is 10.1. The van der Waals surface area contributed by atoms with E-state index in [1.54, 1.807) is 0 Å². The van der Waals surface area contributed by atoms with E-state index >= 15 is 0 Å². The van der Waals surface area contributed by atoms with Gasteiger partial charge in [0.1, 0.15) is 5.75 Å². The van der Waals surface area contributed by atoms with Crippen LogP contribution in [-0.2, 0) is 6.18 Å². The zero-order chi connectivity index (χ0) is 15.6. The van der Waals surface area contributed by atoms with E-state index in [1.165, 1.54) is 18.3 Å². The molecule has 0 saturated carbocycles. The smallest absolute Gasteiger partial charge is 0.420 e. The van der Waals surface area contributed by atoms with Crippen LogP contribution in [0.2, 0.25) is 5.02 Å². The molecule has 0 fully saturated rings. The minimum Gasteiger partial charge on any atom is -0.438 e. The van der Waals surface area contributed by atoms with E-state index in [1.807, 2.05) is 0 Å². The van der Waals surface area contributed by atoms with Crippen LogP contribution in [0.4, 0.5) is 13.2 Å². The Hall–Kier alpha value is -2.28. The van der Waals surface area contributed by atoms with E-state index < -0.39 is 23.4 Å². The van der Waals surface area contributed by atoms with Crippen molar-refractivity contribution in [2.24, 2.45) is 5.73 Å². The molecule has 1 heterocycles. The lowest BCUT2D eigenvalue weighted by Crippen LogP contribution is -2.14. The molecule has 0 aliphatic carbocycles. The van der Waals surface area contributed by atoms with Crippen molar-refractivity contribution in [1.29, 1.82) is 0 Å². The van der Waals surface area contributed by atoms with Crippen molar-refractivity contribution < 1.29 is 22.7 Å². The molecule has 0 aliphatic heterocycles. The standard InChI is InChI=1S/C13H8ClF3N2O2/c14-8-2-4-11(19-6-8)21-10-3-1-7(12(18)20)5-9(10)13(15,16)17/h1-6H,(H2,18,20). The van der Waals surface area contributed by atoms with Crippen molar-refractivity contribution in [1.82, 2.24) is 4.98 Å². The van der Waals surface area contributed by atoms with Gasteiger partial charge < -0.3 is 10.5 Å². The first-order valence-electron chi connectivity index (χ1n) is 5.58. The number of carbonyl (C=O) groups excluding carboxylic acids is 1. The summed E-state index contributed by atoms with van der Waals surface area (Å²) in [5, 5.41) is 0.322. The summed E-state index contributed by atoms with van der Waals surface area (Å²) in [6.07, 6.45) is -3.46. The SMILES string of the molecule is NC(=O)c1ccc(Oc2ccc(Cl)cn2)c(C(F)(F)F)c1. The molecular formula is C13H8ClF3N2O2. The Morgan fingerprint density at radius 1 is 1.24 bits per heavy atom. The number of hydrogen-bond acceptors (Lipinski definition) is 3. The summed E-state index contributed by atoms with van der Waals surface area (Å²) in [4.78, 5) is 14.7. The van der Waals surface area contributed by atoms with Crippen LogP contribution in [-0.4, -0.2) is 10.9 Å². The summed E-state index contributed by atoms with van der Waals surface area (Å²) in [6, 6.07) is 5.54. The molecule has 0 bridgehead atoms. The second-order valence-electron chi connectivity index (χ2n) is 3.99. The third kappa shape index (κ3) is 3.63. The Kier molecular flexibility index (Phi) is 4.04. The van der Waals surface area contributed by atoms with E-state index in [0.717, 1.165) is 12.1 Å². The molecule has 8 heteroatoms. The fraction of sp³-hybridized carbons (Fsp3) is 0.0769. The van der Waals surface area contributed by atoms with Gasteiger partial charge in [-0.05, 0) is 24.3 Å². The fourth-order valence-corrected chi connectivity index (χ4v) is 1.64. The highest BCUT2D eigenvalue weighted by Gasteiger charge is 2.35. The summed E-state index contributed by atoms with van der Waals surface area (Å²) >= 11 is 5.62. The van der Waals surface area contributed by atoms with Crippen molar-refractivity contribution in [2.75, 3.05) is 0 Å². The van der Waals surface area contributed by atoms with E-state index in [2.05, 4.69) is 4.98 Å². The molecule has 0 atom stereocenters. The fourth-order valence-electron chi connectivity index (χ4n) is 1.53. The third-order valence-electron chi connectivity index (χ3n) is 2.48. The van der Waals surface area contributed by atoms with Gasteiger partial charge in [0, 0.05) is 17.8 Å². The van der Waals surface area contributed by atoms with Gasteiger partial charge >= 0.3 is 6.18 Å². The highest BCUT2D eigenvalue weighted by atomic mass is 35.5. The molecule has 0 radical (unpaired) electrons. The van der Waals surface area contributed by atoms with Gasteiger partial charge in [0.05, 0.1) is 10.6 Å². The number of primary amides is 1. The largest absolute Gasteiger partial charge is 0.438 e. The first-order valence-corrected chi connectivity index (χ1v) is 5.95. The second-order valence-corrected chi connectivity index (χ2v) is 4.43. The molecule has 2 N–H and O–H groups in total. The van der Waals surface area contributed by atoms with Gasteiger partial charge in [-0.2, -0.15) is 13.2 Å². The summed E-state index contributed by atoms with van der Waals surface area (Å²) < 4.78 is 44.0. The molecule has 110 valence electrons. The molecule has 0 aliphatic rings. The number of carbonyl (C=O) groups is 1. The van der Waals surface area contributed by atoms with Crippen LogP contribution in [0.3, 0.4) is 0 Å². The summed E-state index contributed by atoms with van der Waals surface area (Å²) in [7, 11) is 0. The van der Waals surface area contributed by atoms with Crippen LogP contribution in [0.5, 0.6) is 11.6 Å². The quantitative estimate of drug-likeness (QED) is 0.940. The van der Waals surface area contributed by atoms with Crippen LogP contribution in [0.15, 0.2) is 36.5 Å². The number of nitrogens with two attached hydrogens (primary N) is 1. The van der Waals surface area contributed by atoms with Gasteiger partial charge in [0.25, 0.3) is 0 Å². The molecule has 0 saturated heterocycles. The number of pyridine rings is 1. The predicted octanol–water partition coefficient (Wildman–Crippen LogP) is 3.65. The number of aromatic nitrogens is 1. The Morgan fingerprint density at radius 2 is 1.95 bits per heavy atom. The lowest BCUT2D eigenvalue weighted by Gasteiger charge is -2.14. The van der Waals surface area contributed by atoms with Crippen molar-refractivity contribution in [3.8, 4) is 11.6 Å². The highest BCUT2D eigenvalue weighted by Crippen LogP contribution is 2.38. The minimum absolute atomic E-state index is 0.0586. The van der Waals surface area contributed by atoms with Crippen LogP contribution >= 0.6 is 11.6 Å². The van der Waals surface area contributed by atoms with E-state index in [9.17, 15) is 18.0 Å². The van der Waals surface area contributed by atoms with Crippen LogP contribution in [0.1, 0.15) is 15.9 Å². The zero-order valence-electron chi connectivity index (χ0n) is 10.3. The van der Waals surface area contributed by atoms with Crippen molar-refractivity contribution in [2.45, 2.75) is 6.18 Å². The average Bonchev–Trinajstić information content (AvgIpc) is 2.40. The molecule has 1 aromatic heterocycles. The maximum atomic E-state index is 13.0. The summed E-state index contributed by atoms with van der Waals surface area (Å²) in [5.74, 6) is -1.50. The van der Waals surface area contributed by atoms with Crippen LogP contribution < -0.4 is 10.5 Å². The highest BCUT2D eigenvalue weighted by molar-refractivity contribution is 6.30. The number of halogens is 4. The monoisotopic (exact) mass is 316 g/mol. The predicted molar refractivity (Wildman–Crippen MR) is 69.3 cm³/mol. The number of ether oxygens (including phenoxy) is 1. The van der Waals surface area contributed by atoms with Gasteiger partial charge in [-0.15, -0.1) is 0 Å². The van der Waals surface area contributed by atoms with E-state index in [-0.39, 0.29) is 11.4 Å². The Balaban J connectivity index is 2.43. The van der Waals surface area contributed by atoms with Gasteiger partial charge in [0.15, 0.2) is 0 Å². The third-order valence-corrected chi connectivity index (χ3v) is 2.71. The molecular weight excluding hydrogens is 309 g/mol. The zero-order valence-corrected chi connectivity index (χ0v) is 11.1. The van der Waals surface area contributed by atoms with Crippen LogP contribution in [0, 0.1) is 0 Å². The average molecular weight is 317 g/mol. The Morgan fingerprint density at radius 3 is 2.48 bits per heavy atom. The number of alkyl halides is 3. The van der Waals surface area contributed by atoms with Crippen molar-refractivity contribution in [3.63, 3.8) is 0 Å². The lowest BCUT2D eigenvalue weighted by molar-refractivity contribution is -0.138. The summed E-state index contributed by atoms with van der Waals surface area (Å²) in [6.45, 7) is 0. The number of hydrogen-bond donors (Lipinski definition) is 1. The normalized spacial score (nSPS) is 11.2. The minimum atomic E-state index is -4.70. The van der Waals surface area contributed by atoms with Gasteiger partial charge in [-0.3, -0.25) is 4.79 Å². The number of amides is 1. The van der Waals surface area contributed by atoms with E-state index in [0.29, 0.717) is 11.1 Å². The Labute approximate surface area is 122 Å². The van der Waals surface area contributed by atoms with E-state index in [4.69, 9.17) is 22.1 Å². The topological polar surface area (TPSA) is 65.2 Å². The van der Waals surface area contributed by atoms with Crippen molar-refractivity contribution in [3.05, 3.63) is 52.7 Å². The maximum absolute atomic E-state index is 13.0. The first kappa shape index (κ1) is 15.1. The molecule has 2 aromatic rings. The molecule has 1 aromatic carbocycles. The summed E-state index contributed by atoms with van der Waals surface area (Å²) in [5.41, 5.74) is 3.59. The van der Waals surface area contributed by atoms with Gasteiger partial charge in [-0.1, -0.05) is 11.6 Å². The number of nitrogens with zero attached hydrogens (tertiary/aromatic N) is 1. The molecule has 2 rings (SSSR count). The first-order chi connectivity index (χ1) is 9.77. The molecule has 4 nitrogen and oxygen atoms in total. The van der Waals surface area contributed by atoms with Gasteiger partial charge in [0.2, 0.25) is 11.8 Å². The maximum Gasteiger partial charge on any atom is 0.420 e. The van der Waals surface area contributed by atoms with Crippen LogP contribution in [0.25, 0.3) is 0 Å². The molecule has 0 unspecified atom stereocenters. The van der Waals surface area contributed by atoms with Gasteiger partial charge in [-0.25, -0.2) is 4.98 Å².